The predicted octanol–water partition coefficient (Wildman–Crippen LogP) is 4.57. The van der Waals surface area contributed by atoms with Crippen molar-refractivity contribution in [1.29, 1.82) is 0 Å². The quantitative estimate of drug-likeness (QED) is 0.709. The van der Waals surface area contributed by atoms with Gasteiger partial charge < -0.3 is 10.2 Å². The molecule has 2 fully saturated rings. The number of nitrogens with one attached hydrogen (secondary N) is 1. The average molecular weight is 422 g/mol. The fourth-order valence-electron chi connectivity index (χ4n) is 5.11. The van der Waals surface area contributed by atoms with E-state index in [1.54, 1.807) is 0 Å². The first-order valence-corrected chi connectivity index (χ1v) is 11.8. The van der Waals surface area contributed by atoms with Crippen LogP contribution in [0.4, 0.5) is 5.95 Å². The minimum absolute atomic E-state index is 0.250. The van der Waals surface area contributed by atoms with Gasteiger partial charge in [-0.3, -0.25) is 9.78 Å². The van der Waals surface area contributed by atoms with E-state index in [9.17, 15) is 4.79 Å². The zero-order chi connectivity index (χ0) is 21.6. The number of hydrogen-bond donors (Lipinski definition) is 1. The number of carbonyl (C=O) groups is 1. The van der Waals surface area contributed by atoms with Crippen molar-refractivity contribution in [3.8, 4) is 11.1 Å². The van der Waals surface area contributed by atoms with Crippen molar-refractivity contribution in [2.45, 2.75) is 63.7 Å². The van der Waals surface area contributed by atoms with E-state index in [-0.39, 0.29) is 5.91 Å². The van der Waals surface area contributed by atoms with Crippen LogP contribution in [0.3, 0.4) is 0 Å². The van der Waals surface area contributed by atoms with Gasteiger partial charge in [0.05, 0.1) is 5.69 Å². The van der Waals surface area contributed by atoms with Crippen LogP contribution in [-0.4, -0.2) is 41.5 Å². The standard InChI is InChI=1S/C25H35N5O/c1-30(2)25-28-17-22(20-11-13-26-14-12-20)24(29-25)21-9-7-19(8-10-21)16-27-23(31)15-18-5-3-4-6-18/h11-14,17-19,21H,3-10,15-16H2,1-2H3,(H,27,31). The van der Waals surface area contributed by atoms with Gasteiger partial charge in [-0.15, -0.1) is 0 Å². The van der Waals surface area contributed by atoms with Crippen LogP contribution in [0.25, 0.3) is 11.1 Å². The molecule has 0 saturated heterocycles. The Bertz CT molecular complexity index is 855. The zero-order valence-corrected chi connectivity index (χ0v) is 18.9. The predicted molar refractivity (Wildman–Crippen MR) is 124 cm³/mol. The van der Waals surface area contributed by atoms with Crippen LogP contribution in [0.2, 0.25) is 0 Å². The van der Waals surface area contributed by atoms with Crippen LogP contribution >= 0.6 is 0 Å². The van der Waals surface area contributed by atoms with Crippen molar-refractivity contribution in [1.82, 2.24) is 20.3 Å². The Hall–Kier alpha value is -2.50. The zero-order valence-electron chi connectivity index (χ0n) is 18.9. The van der Waals surface area contributed by atoms with E-state index in [0.717, 1.165) is 61.4 Å². The smallest absolute Gasteiger partial charge is 0.225 e. The van der Waals surface area contributed by atoms with E-state index in [1.807, 2.05) is 49.7 Å². The maximum absolute atomic E-state index is 12.3. The SMILES string of the molecule is CN(C)c1ncc(-c2ccncc2)c(C2CCC(CNC(=O)CC3CCCC3)CC2)n1. The molecule has 31 heavy (non-hydrogen) atoms. The summed E-state index contributed by atoms with van der Waals surface area (Å²) in [6.07, 6.45) is 15.8. The summed E-state index contributed by atoms with van der Waals surface area (Å²) in [5.74, 6) is 2.62. The Balaban J connectivity index is 1.37. The first-order chi connectivity index (χ1) is 15.1. The molecule has 2 aromatic heterocycles. The summed E-state index contributed by atoms with van der Waals surface area (Å²) >= 11 is 0. The highest BCUT2D eigenvalue weighted by Gasteiger charge is 2.27. The van der Waals surface area contributed by atoms with Gasteiger partial charge in [-0.05, 0) is 68.1 Å². The lowest BCUT2D eigenvalue weighted by Crippen LogP contribution is -2.32. The third kappa shape index (κ3) is 5.60. The van der Waals surface area contributed by atoms with E-state index >= 15 is 0 Å². The largest absolute Gasteiger partial charge is 0.356 e. The molecule has 0 bridgehead atoms. The summed E-state index contributed by atoms with van der Waals surface area (Å²) in [5.41, 5.74) is 3.38. The Kier molecular flexibility index (Phi) is 7.15. The molecule has 0 unspecified atom stereocenters. The van der Waals surface area contributed by atoms with Crippen LogP contribution < -0.4 is 10.2 Å². The highest BCUT2D eigenvalue weighted by molar-refractivity contribution is 5.76. The maximum atomic E-state index is 12.3. The molecule has 0 atom stereocenters. The van der Waals surface area contributed by atoms with Crippen molar-refractivity contribution in [3.63, 3.8) is 0 Å². The highest BCUT2D eigenvalue weighted by atomic mass is 16.1. The summed E-state index contributed by atoms with van der Waals surface area (Å²) in [5, 5.41) is 3.22. The van der Waals surface area contributed by atoms with Gasteiger partial charge in [0.25, 0.3) is 0 Å². The number of aromatic nitrogens is 3. The third-order valence-electron chi connectivity index (χ3n) is 6.97. The molecule has 6 heteroatoms. The normalized spacial score (nSPS) is 21.7. The van der Waals surface area contributed by atoms with Crippen LogP contribution in [-0.2, 0) is 4.79 Å². The van der Waals surface area contributed by atoms with Crippen LogP contribution in [0.15, 0.2) is 30.7 Å². The van der Waals surface area contributed by atoms with Crippen molar-refractivity contribution < 1.29 is 4.79 Å². The number of amides is 1. The summed E-state index contributed by atoms with van der Waals surface area (Å²) in [7, 11) is 3.97. The molecule has 1 N–H and O–H groups in total. The molecule has 0 aliphatic heterocycles. The Morgan fingerprint density at radius 2 is 1.74 bits per heavy atom. The molecule has 2 aliphatic carbocycles. The summed E-state index contributed by atoms with van der Waals surface area (Å²) in [6.45, 7) is 0.822. The van der Waals surface area contributed by atoms with Crippen LogP contribution in [0.5, 0.6) is 0 Å². The van der Waals surface area contributed by atoms with Gasteiger partial charge in [0.1, 0.15) is 0 Å². The summed E-state index contributed by atoms with van der Waals surface area (Å²) in [4.78, 5) is 27.9. The molecule has 2 saturated carbocycles. The fourth-order valence-corrected chi connectivity index (χ4v) is 5.11. The minimum Gasteiger partial charge on any atom is -0.356 e. The average Bonchev–Trinajstić information content (AvgIpc) is 3.31. The van der Waals surface area contributed by atoms with E-state index in [1.165, 1.54) is 25.7 Å². The van der Waals surface area contributed by atoms with Gasteiger partial charge in [0.15, 0.2) is 0 Å². The number of carbonyl (C=O) groups excluding carboxylic acids is 1. The van der Waals surface area contributed by atoms with Crippen LogP contribution in [0, 0.1) is 11.8 Å². The lowest BCUT2D eigenvalue weighted by Gasteiger charge is -2.30. The lowest BCUT2D eigenvalue weighted by atomic mass is 9.79. The fraction of sp³-hybridized carbons (Fsp3) is 0.600. The van der Waals surface area contributed by atoms with Gasteiger partial charge in [-0.1, -0.05) is 12.8 Å². The number of rotatable bonds is 7. The van der Waals surface area contributed by atoms with E-state index in [0.29, 0.717) is 17.8 Å². The second-order valence-electron chi connectivity index (χ2n) is 9.48. The number of hydrogen-bond acceptors (Lipinski definition) is 5. The molecule has 2 aromatic rings. The Labute approximate surface area is 185 Å². The molecule has 1 amide bonds. The van der Waals surface area contributed by atoms with Gasteiger partial charge >= 0.3 is 0 Å². The summed E-state index contributed by atoms with van der Waals surface area (Å²) < 4.78 is 0. The second-order valence-corrected chi connectivity index (χ2v) is 9.48. The molecule has 2 heterocycles. The highest BCUT2D eigenvalue weighted by Crippen LogP contribution is 2.39. The minimum atomic E-state index is 0.250. The second kappa shape index (κ2) is 10.2. The number of pyridine rings is 1. The molecule has 166 valence electrons. The lowest BCUT2D eigenvalue weighted by molar-refractivity contribution is -0.122. The Morgan fingerprint density at radius 1 is 1.03 bits per heavy atom. The van der Waals surface area contributed by atoms with Crippen molar-refractivity contribution >= 4 is 11.9 Å². The molecular weight excluding hydrogens is 386 g/mol. The first-order valence-electron chi connectivity index (χ1n) is 11.8. The van der Waals surface area contributed by atoms with Gasteiger partial charge in [-0.25, -0.2) is 9.97 Å². The number of anilines is 1. The van der Waals surface area contributed by atoms with Crippen molar-refractivity contribution in [2.75, 3.05) is 25.5 Å². The molecule has 2 aliphatic rings. The van der Waals surface area contributed by atoms with E-state index in [4.69, 9.17) is 4.98 Å². The summed E-state index contributed by atoms with van der Waals surface area (Å²) in [6, 6.07) is 4.06. The number of nitrogens with zero attached hydrogens (tertiary/aromatic N) is 4. The van der Waals surface area contributed by atoms with E-state index < -0.39 is 0 Å². The molecule has 0 radical (unpaired) electrons. The molecule has 4 rings (SSSR count). The van der Waals surface area contributed by atoms with Crippen molar-refractivity contribution in [2.24, 2.45) is 11.8 Å². The molecular formula is C25H35N5O. The van der Waals surface area contributed by atoms with Crippen molar-refractivity contribution in [3.05, 3.63) is 36.4 Å². The maximum Gasteiger partial charge on any atom is 0.225 e. The van der Waals surface area contributed by atoms with Gasteiger partial charge in [0, 0.05) is 57.1 Å². The topological polar surface area (TPSA) is 71.0 Å². The molecule has 0 aromatic carbocycles. The Morgan fingerprint density at radius 3 is 2.42 bits per heavy atom. The van der Waals surface area contributed by atoms with Crippen LogP contribution in [0.1, 0.15) is 69.4 Å². The third-order valence-corrected chi connectivity index (χ3v) is 6.97. The van der Waals surface area contributed by atoms with Gasteiger partial charge in [-0.2, -0.15) is 0 Å². The monoisotopic (exact) mass is 421 g/mol. The molecule has 6 nitrogen and oxygen atoms in total. The van der Waals surface area contributed by atoms with Gasteiger partial charge in [0.2, 0.25) is 11.9 Å². The molecule has 0 spiro atoms. The first kappa shape index (κ1) is 21.7. The van der Waals surface area contributed by atoms with E-state index in [2.05, 4.69) is 15.3 Å².